The van der Waals surface area contributed by atoms with Crippen molar-refractivity contribution in [3.8, 4) is 0 Å². The number of thioether (sulfide) groups is 1. The lowest BCUT2D eigenvalue weighted by Crippen LogP contribution is -2.27. The van der Waals surface area contributed by atoms with Crippen molar-refractivity contribution in [2.75, 3.05) is 5.75 Å². The zero-order chi connectivity index (χ0) is 11.5. The lowest BCUT2D eigenvalue weighted by atomic mass is 9.97. The van der Waals surface area contributed by atoms with Crippen molar-refractivity contribution in [1.29, 1.82) is 0 Å². The van der Waals surface area contributed by atoms with Crippen LogP contribution in [0.1, 0.15) is 24.1 Å². The predicted octanol–water partition coefficient (Wildman–Crippen LogP) is 1.94. The minimum Gasteiger partial charge on any atom is -0.299 e. The molecule has 1 aliphatic carbocycles. The number of hydrogen-bond acceptors (Lipinski definition) is 3. The van der Waals surface area contributed by atoms with Gasteiger partial charge in [-0.05, 0) is 25.7 Å². The van der Waals surface area contributed by atoms with Gasteiger partial charge in [0.05, 0.1) is 0 Å². The fraction of sp³-hybridized carbons (Fsp3) is 0.500. The van der Waals surface area contributed by atoms with Crippen LogP contribution in [-0.4, -0.2) is 15.3 Å². The van der Waals surface area contributed by atoms with E-state index in [2.05, 4.69) is 11.6 Å². The fourth-order valence-corrected chi connectivity index (χ4v) is 2.90. The molecule has 0 bridgehead atoms. The highest BCUT2D eigenvalue weighted by Crippen LogP contribution is 2.27. The molecule has 1 aromatic heterocycles. The van der Waals surface area contributed by atoms with Crippen molar-refractivity contribution in [3.05, 3.63) is 34.4 Å². The molecule has 1 aliphatic rings. The maximum atomic E-state index is 11.7. The molecule has 1 aromatic rings. The van der Waals surface area contributed by atoms with Crippen LogP contribution in [0.3, 0.4) is 0 Å². The Morgan fingerprint density at radius 1 is 1.50 bits per heavy atom. The Bertz CT molecular complexity index is 465. The van der Waals surface area contributed by atoms with Gasteiger partial charge in [-0.2, -0.15) is 4.98 Å². The molecule has 0 aromatic carbocycles. The Balaban J connectivity index is 2.48. The van der Waals surface area contributed by atoms with Gasteiger partial charge < -0.3 is 0 Å². The van der Waals surface area contributed by atoms with Crippen LogP contribution < -0.4 is 5.69 Å². The molecule has 0 saturated heterocycles. The predicted molar refractivity (Wildman–Crippen MR) is 67.0 cm³/mol. The topological polar surface area (TPSA) is 34.9 Å². The van der Waals surface area contributed by atoms with E-state index in [4.69, 9.17) is 0 Å². The quantitative estimate of drug-likeness (QED) is 0.457. The molecule has 2 rings (SSSR count). The summed E-state index contributed by atoms with van der Waals surface area (Å²) >= 11 is 1.62. The Morgan fingerprint density at radius 2 is 2.25 bits per heavy atom. The van der Waals surface area contributed by atoms with Crippen molar-refractivity contribution in [2.45, 2.75) is 30.7 Å². The molecule has 0 amide bonds. The third-order valence-corrected chi connectivity index (χ3v) is 3.94. The summed E-state index contributed by atoms with van der Waals surface area (Å²) in [6, 6.07) is 0. The van der Waals surface area contributed by atoms with Crippen LogP contribution in [0, 0.1) is 0 Å². The summed E-state index contributed by atoms with van der Waals surface area (Å²) in [4.78, 5) is 15.8. The summed E-state index contributed by atoms with van der Waals surface area (Å²) in [5.74, 6) is 0.812. The number of aromatic nitrogens is 2. The van der Waals surface area contributed by atoms with E-state index in [-0.39, 0.29) is 5.69 Å². The maximum absolute atomic E-state index is 11.7. The summed E-state index contributed by atoms with van der Waals surface area (Å²) in [6.07, 6.45) is 6.28. The van der Waals surface area contributed by atoms with Gasteiger partial charge in [-0.25, -0.2) is 4.79 Å². The normalized spacial score (nSPS) is 14.6. The lowest BCUT2D eigenvalue weighted by Gasteiger charge is -2.20. The van der Waals surface area contributed by atoms with Crippen LogP contribution in [0.15, 0.2) is 22.5 Å². The van der Waals surface area contributed by atoms with Gasteiger partial charge in [0.2, 0.25) is 0 Å². The van der Waals surface area contributed by atoms with E-state index in [9.17, 15) is 4.79 Å². The molecular weight excluding hydrogens is 220 g/mol. The molecule has 4 heteroatoms. The van der Waals surface area contributed by atoms with Gasteiger partial charge in [0.25, 0.3) is 0 Å². The number of fused-ring (bicyclic) bond motifs is 1. The average Bonchev–Trinajstić information content (AvgIpc) is 2.32. The Kier molecular flexibility index (Phi) is 3.49. The van der Waals surface area contributed by atoms with Crippen molar-refractivity contribution in [1.82, 2.24) is 9.55 Å². The molecule has 1 heterocycles. The first-order valence-corrected chi connectivity index (χ1v) is 6.55. The molecular formula is C12H16N2OS. The first-order chi connectivity index (χ1) is 7.74. The third kappa shape index (κ3) is 2.07. The zero-order valence-electron chi connectivity index (χ0n) is 9.53. The second-order valence-electron chi connectivity index (χ2n) is 3.99. The summed E-state index contributed by atoms with van der Waals surface area (Å²) in [6.45, 7) is 3.70. The molecule has 0 unspecified atom stereocenters. The van der Waals surface area contributed by atoms with Crippen molar-refractivity contribution in [2.24, 2.45) is 7.05 Å². The first kappa shape index (κ1) is 11.5. The Hall–Kier alpha value is -1.03. The van der Waals surface area contributed by atoms with E-state index in [1.54, 1.807) is 16.3 Å². The molecule has 0 aliphatic heterocycles. The molecule has 0 N–H and O–H groups in total. The Labute approximate surface area is 99.6 Å². The third-order valence-electron chi connectivity index (χ3n) is 2.92. The number of nitrogens with zero attached hydrogens (tertiary/aromatic N) is 2. The van der Waals surface area contributed by atoms with Gasteiger partial charge in [-0.1, -0.05) is 6.08 Å². The molecule has 0 fully saturated rings. The van der Waals surface area contributed by atoms with Crippen LogP contribution in [0.5, 0.6) is 0 Å². The average molecular weight is 236 g/mol. The van der Waals surface area contributed by atoms with Crippen molar-refractivity contribution < 1.29 is 0 Å². The Morgan fingerprint density at radius 3 is 3.00 bits per heavy atom. The van der Waals surface area contributed by atoms with Crippen LogP contribution >= 0.6 is 11.8 Å². The smallest absolute Gasteiger partial charge is 0.299 e. The fourth-order valence-electron chi connectivity index (χ4n) is 2.09. The van der Waals surface area contributed by atoms with Gasteiger partial charge in [-0.3, -0.25) is 4.57 Å². The van der Waals surface area contributed by atoms with Crippen molar-refractivity contribution >= 4 is 11.8 Å². The molecule has 3 nitrogen and oxygen atoms in total. The largest absolute Gasteiger partial charge is 0.348 e. The highest BCUT2D eigenvalue weighted by Gasteiger charge is 2.18. The SMILES string of the molecule is C=CCSc1nc(=O)n(C)c2c1CCCC2. The molecule has 86 valence electrons. The number of hydrogen-bond donors (Lipinski definition) is 0. The maximum Gasteiger partial charge on any atom is 0.348 e. The summed E-state index contributed by atoms with van der Waals surface area (Å²) in [5, 5.41) is 0.915. The standard InChI is InChI=1S/C12H16N2OS/c1-3-8-16-11-9-6-4-5-7-10(9)14(2)12(15)13-11/h3H,1,4-8H2,2H3. The van der Waals surface area contributed by atoms with Crippen LogP contribution in [0.4, 0.5) is 0 Å². The zero-order valence-corrected chi connectivity index (χ0v) is 10.3. The highest BCUT2D eigenvalue weighted by molar-refractivity contribution is 7.99. The van der Waals surface area contributed by atoms with Gasteiger partial charge in [0.1, 0.15) is 5.03 Å². The minimum atomic E-state index is -0.132. The molecule has 0 saturated carbocycles. The second kappa shape index (κ2) is 4.87. The van der Waals surface area contributed by atoms with Crippen LogP contribution in [0.2, 0.25) is 0 Å². The van der Waals surface area contributed by atoms with Gasteiger partial charge >= 0.3 is 5.69 Å². The monoisotopic (exact) mass is 236 g/mol. The van der Waals surface area contributed by atoms with Gasteiger partial charge in [-0.15, -0.1) is 18.3 Å². The van der Waals surface area contributed by atoms with E-state index in [1.807, 2.05) is 13.1 Å². The summed E-state index contributed by atoms with van der Waals surface area (Å²) in [5.41, 5.74) is 2.32. The van der Waals surface area contributed by atoms with E-state index in [0.717, 1.165) is 23.6 Å². The summed E-state index contributed by atoms with van der Waals surface area (Å²) < 4.78 is 1.70. The van der Waals surface area contributed by atoms with E-state index < -0.39 is 0 Å². The van der Waals surface area contributed by atoms with Crippen LogP contribution in [-0.2, 0) is 19.9 Å². The van der Waals surface area contributed by atoms with Gasteiger partial charge in [0, 0.05) is 24.1 Å². The van der Waals surface area contributed by atoms with Crippen molar-refractivity contribution in [3.63, 3.8) is 0 Å². The van der Waals surface area contributed by atoms with Crippen LogP contribution in [0.25, 0.3) is 0 Å². The van der Waals surface area contributed by atoms with E-state index in [1.165, 1.54) is 24.1 Å². The lowest BCUT2D eigenvalue weighted by molar-refractivity contribution is 0.591. The summed E-state index contributed by atoms with van der Waals surface area (Å²) in [7, 11) is 1.82. The second-order valence-corrected chi connectivity index (χ2v) is 5.00. The van der Waals surface area contributed by atoms with E-state index in [0.29, 0.717) is 0 Å². The first-order valence-electron chi connectivity index (χ1n) is 5.56. The highest BCUT2D eigenvalue weighted by atomic mass is 32.2. The molecule has 0 atom stereocenters. The molecule has 0 radical (unpaired) electrons. The minimum absolute atomic E-state index is 0.132. The van der Waals surface area contributed by atoms with Gasteiger partial charge in [0.15, 0.2) is 0 Å². The van der Waals surface area contributed by atoms with E-state index >= 15 is 0 Å². The molecule has 0 spiro atoms. The number of rotatable bonds is 3. The molecule has 16 heavy (non-hydrogen) atoms.